The topological polar surface area (TPSA) is 175 Å². The molecule has 0 spiro atoms. The highest BCUT2D eigenvalue weighted by molar-refractivity contribution is 6.31. The van der Waals surface area contributed by atoms with Crippen molar-refractivity contribution in [1.29, 1.82) is 0 Å². The second kappa shape index (κ2) is 13.5. The lowest BCUT2D eigenvalue weighted by atomic mass is 9.63. The lowest BCUT2D eigenvalue weighted by molar-refractivity contribution is -0.134. The first-order valence-corrected chi connectivity index (χ1v) is 16.8. The number of nitrogens with one attached hydrogen (secondary N) is 1. The zero-order chi connectivity index (χ0) is 34.5. The van der Waals surface area contributed by atoms with Gasteiger partial charge in [-0.1, -0.05) is 19.1 Å². The number of likely N-dealkylation sites (N-methyl/N-ethyl adjacent to an activating group) is 1. The van der Waals surface area contributed by atoms with Crippen molar-refractivity contribution in [2.75, 3.05) is 40.5 Å². The third-order valence-corrected chi connectivity index (χ3v) is 10.9. The Morgan fingerprint density at radius 1 is 1.15 bits per heavy atom. The maximum Gasteiger partial charge on any atom is 0.202 e. The number of aliphatic hydroxyl groups is 2. The summed E-state index contributed by atoms with van der Waals surface area (Å²) in [5.74, 6) is -2.98. The van der Waals surface area contributed by atoms with Gasteiger partial charge in [-0.05, 0) is 71.0 Å². The van der Waals surface area contributed by atoms with Crippen LogP contribution in [0.1, 0.15) is 94.8 Å². The number of carbonyl (C=O) groups is 3. The van der Waals surface area contributed by atoms with Crippen LogP contribution in [-0.4, -0.2) is 114 Å². The van der Waals surface area contributed by atoms with Crippen molar-refractivity contribution in [2.45, 2.75) is 88.9 Å². The number of carbonyl (C=O) groups excluding carboxylic acids is 3. The molecule has 7 atom stereocenters. The molecule has 6 rings (SSSR count). The lowest BCUT2D eigenvalue weighted by Gasteiger charge is -2.43. The van der Waals surface area contributed by atoms with Crippen LogP contribution in [0, 0.1) is 5.41 Å². The van der Waals surface area contributed by atoms with Crippen molar-refractivity contribution < 1.29 is 49.0 Å². The largest absolute Gasteiger partial charge is 0.507 e. The Bertz CT molecular complexity index is 1610. The monoisotopic (exact) mass is 666 g/mol. The molecular weight excluding hydrogens is 620 g/mol. The van der Waals surface area contributed by atoms with E-state index in [-0.39, 0.29) is 58.7 Å². The average molecular weight is 667 g/mol. The van der Waals surface area contributed by atoms with Crippen LogP contribution in [0.4, 0.5) is 0 Å². The van der Waals surface area contributed by atoms with Gasteiger partial charge in [0.15, 0.2) is 11.6 Å². The van der Waals surface area contributed by atoms with E-state index < -0.39 is 65.1 Å². The van der Waals surface area contributed by atoms with Crippen LogP contribution >= 0.6 is 0 Å². The molecule has 2 aliphatic heterocycles. The summed E-state index contributed by atoms with van der Waals surface area (Å²) in [6.45, 7) is 5.10. The highest BCUT2D eigenvalue weighted by Crippen LogP contribution is 2.55. The Labute approximate surface area is 280 Å². The molecule has 48 heavy (non-hydrogen) atoms. The number of phenolic OH excluding ortho intramolecular Hbond substituents is 2. The van der Waals surface area contributed by atoms with Gasteiger partial charge in [-0.3, -0.25) is 19.3 Å². The number of aliphatic hydroxyl groups excluding tert-OH is 2. The first-order chi connectivity index (χ1) is 22.9. The van der Waals surface area contributed by atoms with E-state index >= 15 is 0 Å². The van der Waals surface area contributed by atoms with Gasteiger partial charge in [-0.25, -0.2) is 0 Å². The number of ether oxygens (including phenoxy) is 3. The average Bonchev–Trinajstić information content (AvgIpc) is 3.48. The number of hydrogen-bond acceptors (Lipinski definition) is 12. The van der Waals surface area contributed by atoms with Gasteiger partial charge in [0.05, 0.1) is 48.7 Å². The molecule has 2 heterocycles. The van der Waals surface area contributed by atoms with Gasteiger partial charge in [-0.2, -0.15) is 0 Å². The van der Waals surface area contributed by atoms with E-state index in [0.717, 1.165) is 26.0 Å². The van der Waals surface area contributed by atoms with Gasteiger partial charge in [0.25, 0.3) is 0 Å². The minimum Gasteiger partial charge on any atom is -0.507 e. The van der Waals surface area contributed by atoms with Gasteiger partial charge >= 0.3 is 0 Å². The number of fused-ring (bicyclic) bond motifs is 3. The van der Waals surface area contributed by atoms with Crippen molar-refractivity contribution in [2.24, 2.45) is 5.41 Å². The second-order valence-electron chi connectivity index (χ2n) is 14.0. The Kier molecular flexibility index (Phi) is 9.69. The van der Waals surface area contributed by atoms with Crippen LogP contribution in [0.15, 0.2) is 18.2 Å². The van der Waals surface area contributed by atoms with Crippen molar-refractivity contribution in [3.8, 4) is 17.2 Å². The molecule has 0 aromatic heterocycles. The number of aromatic hydroxyl groups is 2. The van der Waals surface area contributed by atoms with Crippen LogP contribution in [0.3, 0.4) is 0 Å². The fourth-order valence-electron chi connectivity index (χ4n) is 8.29. The Morgan fingerprint density at radius 3 is 2.58 bits per heavy atom. The predicted molar refractivity (Wildman–Crippen MR) is 174 cm³/mol. The predicted octanol–water partition coefficient (Wildman–Crippen LogP) is 2.43. The molecule has 12 heteroatoms. The van der Waals surface area contributed by atoms with Crippen LogP contribution in [-0.2, 0) is 20.7 Å². The molecule has 0 amide bonds. The molecule has 5 N–H and O–H groups in total. The summed E-state index contributed by atoms with van der Waals surface area (Å²) in [6, 6.07) is 4.33. The Morgan fingerprint density at radius 2 is 1.90 bits per heavy atom. The summed E-state index contributed by atoms with van der Waals surface area (Å²) in [5.41, 5.74) is -1.16. The molecule has 0 saturated carbocycles. The van der Waals surface area contributed by atoms with Gasteiger partial charge in [0.1, 0.15) is 30.1 Å². The van der Waals surface area contributed by atoms with Crippen LogP contribution in [0.25, 0.3) is 0 Å². The lowest BCUT2D eigenvalue weighted by Crippen LogP contribution is -2.54. The van der Waals surface area contributed by atoms with Gasteiger partial charge < -0.3 is 40.0 Å². The number of phenols is 2. The first kappa shape index (κ1) is 34.5. The van der Waals surface area contributed by atoms with Crippen LogP contribution in [0.5, 0.6) is 17.2 Å². The minimum atomic E-state index is -1.12. The smallest absolute Gasteiger partial charge is 0.202 e. The normalized spacial score (nSPS) is 30.1. The molecule has 2 aromatic carbocycles. The molecule has 4 aliphatic rings. The zero-order valence-electron chi connectivity index (χ0n) is 28.0. The van der Waals surface area contributed by atoms with E-state index in [9.17, 15) is 34.8 Å². The van der Waals surface area contributed by atoms with E-state index in [2.05, 4.69) is 10.2 Å². The highest BCUT2D eigenvalue weighted by atomic mass is 16.5. The van der Waals surface area contributed by atoms with Crippen molar-refractivity contribution >= 4 is 17.3 Å². The van der Waals surface area contributed by atoms with Crippen molar-refractivity contribution in [1.82, 2.24) is 10.2 Å². The molecule has 2 aliphatic carbocycles. The maximum atomic E-state index is 14.0. The highest BCUT2D eigenvalue weighted by Gasteiger charge is 2.48. The molecule has 1 unspecified atom stereocenters. The fraction of sp³-hybridized carbons (Fsp3) is 0.583. The number of ketones is 3. The molecule has 260 valence electrons. The van der Waals surface area contributed by atoms with Crippen LogP contribution < -0.4 is 10.1 Å². The molecule has 0 radical (unpaired) electrons. The van der Waals surface area contributed by atoms with Gasteiger partial charge in [0, 0.05) is 34.7 Å². The van der Waals surface area contributed by atoms with Crippen LogP contribution in [0.2, 0.25) is 0 Å². The van der Waals surface area contributed by atoms with Gasteiger partial charge in [0.2, 0.25) is 5.78 Å². The van der Waals surface area contributed by atoms with E-state index in [4.69, 9.17) is 14.2 Å². The summed E-state index contributed by atoms with van der Waals surface area (Å²) in [6.07, 6.45) is 1.04. The van der Waals surface area contributed by atoms with Crippen molar-refractivity contribution in [3.63, 3.8) is 0 Å². The fourth-order valence-corrected chi connectivity index (χ4v) is 8.29. The molecule has 2 saturated heterocycles. The van der Waals surface area contributed by atoms with Crippen molar-refractivity contribution in [3.05, 3.63) is 51.6 Å². The molecular formula is C36H46N2O10. The summed E-state index contributed by atoms with van der Waals surface area (Å²) in [7, 11) is 3.42. The summed E-state index contributed by atoms with van der Waals surface area (Å²) in [4.78, 5) is 43.1. The number of rotatable bonds is 10. The Hall–Kier alpha value is -3.39. The molecule has 2 aromatic rings. The molecule has 0 bridgehead atoms. The number of hydrogen-bond donors (Lipinski definition) is 5. The SMILES string of the molecule is COc1cccc2c1C(=O)c1c(O)c3c(c(O)c1C2=O)C[C@@](C)(C(=O)CO)C[C@@H]3C[C@H]1C[C@H](NCCCC2OCCN2C)[C@H](O)[C@H](C)O1. The van der Waals surface area contributed by atoms with E-state index in [1.54, 1.807) is 26.0 Å². The summed E-state index contributed by atoms with van der Waals surface area (Å²) >= 11 is 0. The second-order valence-corrected chi connectivity index (χ2v) is 14.0. The van der Waals surface area contributed by atoms with E-state index in [1.165, 1.54) is 13.2 Å². The maximum absolute atomic E-state index is 14.0. The van der Waals surface area contributed by atoms with E-state index in [0.29, 0.717) is 24.9 Å². The number of Topliss-reactive ketones (excluding diaryl/α,β-unsaturated/α-hetero) is 1. The third kappa shape index (κ3) is 5.92. The zero-order valence-corrected chi connectivity index (χ0v) is 28.0. The number of benzene rings is 2. The van der Waals surface area contributed by atoms with E-state index in [1.807, 2.05) is 7.05 Å². The summed E-state index contributed by atoms with van der Waals surface area (Å²) < 4.78 is 17.4. The van der Waals surface area contributed by atoms with Gasteiger partial charge in [-0.15, -0.1) is 0 Å². The third-order valence-electron chi connectivity index (χ3n) is 10.9. The first-order valence-electron chi connectivity index (χ1n) is 16.8. The molecule has 2 fully saturated rings. The quantitative estimate of drug-likeness (QED) is 0.158. The Balaban J connectivity index is 1.32. The standard InChI is InChI=1S/C36H46N2O10/c1-18-31(41)23(37-10-6-9-26-38(3)11-12-47-26)14-20(48-18)13-19-15-36(2,25(40)17-39)16-22-27(19)34(44)30-29(33(22)43)32(42)21-7-5-8-24(46-4)28(21)35(30)45/h5,7-8,18-20,23,26,31,37,39,41,43-44H,6,9-17H2,1-4H3/t18-,19-,20-,23-,26?,31+,36-/m0/s1. The minimum absolute atomic E-state index is 0.0123. The number of methoxy groups -OCH3 is 1. The summed E-state index contributed by atoms with van der Waals surface area (Å²) in [5, 5.41) is 48.0. The molecule has 12 nitrogen and oxygen atoms in total. The number of nitrogens with zero attached hydrogens (tertiary/aromatic N) is 1.